The van der Waals surface area contributed by atoms with Crippen molar-refractivity contribution in [3.8, 4) is 5.75 Å². The van der Waals surface area contributed by atoms with Gasteiger partial charge in [-0.1, -0.05) is 42.5 Å². The number of hydrogen-bond acceptors (Lipinski definition) is 8. The smallest absolute Gasteiger partial charge is 0.410 e. The van der Waals surface area contributed by atoms with Crippen molar-refractivity contribution in [3.63, 3.8) is 0 Å². The van der Waals surface area contributed by atoms with Crippen molar-refractivity contribution in [1.82, 2.24) is 20.9 Å². The second kappa shape index (κ2) is 15.2. The van der Waals surface area contributed by atoms with E-state index in [1.165, 1.54) is 11.8 Å². The molecule has 3 N–H and O–H groups in total. The zero-order valence-electron chi connectivity index (χ0n) is 27.0. The van der Waals surface area contributed by atoms with Crippen LogP contribution in [0.1, 0.15) is 51.7 Å². The molecule has 0 radical (unpaired) electrons. The van der Waals surface area contributed by atoms with Crippen LogP contribution in [-0.2, 0) is 41.5 Å². The van der Waals surface area contributed by atoms with E-state index in [1.54, 1.807) is 52.1 Å². The fraction of sp³-hybridized carbons (Fsp3) is 0.500. The van der Waals surface area contributed by atoms with Gasteiger partial charge in [0.1, 0.15) is 35.6 Å². The van der Waals surface area contributed by atoms with Crippen LogP contribution in [0, 0.1) is 0 Å². The predicted molar refractivity (Wildman–Crippen MR) is 169 cm³/mol. The largest absolute Gasteiger partial charge is 0.497 e. The Morgan fingerprint density at radius 2 is 1.50 bits per heavy atom. The fourth-order valence-corrected chi connectivity index (χ4v) is 5.24. The fourth-order valence-electron chi connectivity index (χ4n) is 5.24. The molecule has 46 heavy (non-hydrogen) atoms. The zero-order chi connectivity index (χ0) is 33.4. The average Bonchev–Trinajstić information content (AvgIpc) is 3.75. The quantitative estimate of drug-likeness (QED) is 0.283. The van der Waals surface area contributed by atoms with Crippen LogP contribution in [0.2, 0.25) is 0 Å². The molecule has 12 nitrogen and oxygen atoms in total. The van der Waals surface area contributed by atoms with Gasteiger partial charge in [0.25, 0.3) is 0 Å². The number of nitrogens with zero attached hydrogens (tertiary/aromatic N) is 1. The topological polar surface area (TPSA) is 156 Å². The van der Waals surface area contributed by atoms with Gasteiger partial charge < -0.3 is 30.2 Å². The number of carbonyl (C=O) groups is 5. The molecule has 0 spiro atoms. The van der Waals surface area contributed by atoms with Crippen LogP contribution in [-0.4, -0.2) is 90.6 Å². The molecule has 2 aromatic carbocycles. The van der Waals surface area contributed by atoms with E-state index in [-0.39, 0.29) is 18.6 Å². The molecule has 5 atom stereocenters. The van der Waals surface area contributed by atoms with Gasteiger partial charge >= 0.3 is 6.09 Å². The highest BCUT2D eigenvalue weighted by atomic mass is 16.6. The average molecular weight is 637 g/mol. The summed E-state index contributed by atoms with van der Waals surface area (Å²) < 4.78 is 15.9. The maximum Gasteiger partial charge on any atom is 0.410 e. The second-order valence-corrected chi connectivity index (χ2v) is 12.7. The minimum Gasteiger partial charge on any atom is -0.497 e. The first-order valence-corrected chi connectivity index (χ1v) is 15.6. The van der Waals surface area contributed by atoms with E-state index >= 15 is 0 Å². The molecule has 4 rings (SSSR count). The standard InChI is InChI=1S/C34H44N4O8/c1-21(35-32(42)27-12-9-17-38(27)33(43)46-34(2,3)4)30(40)37-26(19-23-13-15-24(44-5)16-14-23)31(41)36-25(29(39)28-20-45-28)18-22-10-7-6-8-11-22/h6-8,10-11,13-16,21,25-28H,9,12,17-20H2,1-5H3,(H,35,42)(H,36,41)(H,37,40)/t21-,25-,26-,27-,28+/m0/s1. The molecule has 4 amide bonds. The van der Waals surface area contributed by atoms with Gasteiger partial charge in [0, 0.05) is 13.0 Å². The highest BCUT2D eigenvalue weighted by Crippen LogP contribution is 2.21. The van der Waals surface area contributed by atoms with E-state index in [1.807, 2.05) is 30.3 Å². The number of benzene rings is 2. The number of hydrogen-bond donors (Lipinski definition) is 3. The number of rotatable bonds is 13. The Balaban J connectivity index is 1.46. The number of Topliss-reactive ketones (excluding diaryl/α,β-unsaturated/α-hetero) is 1. The molecule has 0 saturated carbocycles. The Bertz CT molecular complexity index is 1390. The van der Waals surface area contributed by atoms with Crippen molar-refractivity contribution in [2.45, 2.75) is 89.3 Å². The summed E-state index contributed by atoms with van der Waals surface area (Å²) in [5.74, 6) is -1.24. The third-order valence-corrected chi connectivity index (χ3v) is 7.76. The van der Waals surface area contributed by atoms with Gasteiger partial charge in [-0.3, -0.25) is 24.1 Å². The summed E-state index contributed by atoms with van der Waals surface area (Å²) >= 11 is 0. The van der Waals surface area contributed by atoms with Crippen LogP contribution in [0.25, 0.3) is 0 Å². The van der Waals surface area contributed by atoms with E-state index < -0.39 is 59.7 Å². The highest BCUT2D eigenvalue weighted by molar-refractivity contribution is 5.97. The number of carbonyl (C=O) groups excluding carboxylic acids is 5. The van der Waals surface area contributed by atoms with Crippen LogP contribution in [0.4, 0.5) is 4.79 Å². The summed E-state index contributed by atoms with van der Waals surface area (Å²) in [6, 6.07) is 12.6. The van der Waals surface area contributed by atoms with Crippen LogP contribution in [0.15, 0.2) is 54.6 Å². The molecular formula is C34H44N4O8. The van der Waals surface area contributed by atoms with Gasteiger partial charge in [-0.2, -0.15) is 0 Å². The van der Waals surface area contributed by atoms with E-state index in [0.717, 1.165) is 11.1 Å². The number of ketones is 1. The Kier molecular flexibility index (Phi) is 11.4. The van der Waals surface area contributed by atoms with E-state index in [2.05, 4.69) is 16.0 Å². The first-order chi connectivity index (χ1) is 21.8. The summed E-state index contributed by atoms with van der Waals surface area (Å²) in [7, 11) is 1.55. The summed E-state index contributed by atoms with van der Waals surface area (Å²) in [6.07, 6.45) is 0.268. The molecule has 2 aliphatic heterocycles. The lowest BCUT2D eigenvalue weighted by atomic mass is 9.99. The van der Waals surface area contributed by atoms with Gasteiger partial charge in [-0.15, -0.1) is 0 Å². The van der Waals surface area contributed by atoms with Crippen molar-refractivity contribution in [1.29, 1.82) is 0 Å². The SMILES string of the molecule is COc1ccc(C[C@H](NC(=O)[C@H](C)NC(=O)[C@@H]2CCCN2C(=O)OC(C)(C)C)C(=O)N[C@@H](Cc2ccccc2)C(=O)[C@H]2CO2)cc1. The maximum atomic E-state index is 13.8. The first kappa shape index (κ1) is 34.4. The van der Waals surface area contributed by atoms with Crippen molar-refractivity contribution in [3.05, 3.63) is 65.7 Å². The number of epoxide rings is 1. The molecule has 2 aliphatic rings. The van der Waals surface area contributed by atoms with Crippen LogP contribution < -0.4 is 20.7 Å². The van der Waals surface area contributed by atoms with Crippen molar-refractivity contribution in [2.24, 2.45) is 0 Å². The monoisotopic (exact) mass is 636 g/mol. The predicted octanol–water partition coefficient (Wildman–Crippen LogP) is 2.32. The minimum absolute atomic E-state index is 0.115. The van der Waals surface area contributed by atoms with Gasteiger partial charge in [0.15, 0.2) is 5.78 Å². The number of methoxy groups -OCH3 is 1. The van der Waals surface area contributed by atoms with Crippen molar-refractivity contribution >= 4 is 29.6 Å². The molecule has 2 saturated heterocycles. The van der Waals surface area contributed by atoms with Crippen molar-refractivity contribution in [2.75, 3.05) is 20.3 Å². The van der Waals surface area contributed by atoms with Crippen LogP contribution >= 0.6 is 0 Å². The van der Waals surface area contributed by atoms with E-state index in [0.29, 0.717) is 31.7 Å². The molecule has 248 valence electrons. The Morgan fingerprint density at radius 1 is 0.891 bits per heavy atom. The number of amides is 4. The summed E-state index contributed by atoms with van der Waals surface area (Å²) in [5, 5.41) is 8.29. The number of ether oxygens (including phenoxy) is 3. The molecule has 0 aliphatic carbocycles. The lowest BCUT2D eigenvalue weighted by Crippen LogP contribution is -2.57. The summed E-state index contributed by atoms with van der Waals surface area (Å²) in [5.41, 5.74) is 0.888. The molecule has 0 unspecified atom stereocenters. The lowest BCUT2D eigenvalue weighted by Gasteiger charge is -2.29. The normalized spacial score (nSPS) is 19.3. The number of nitrogens with one attached hydrogen (secondary N) is 3. The molecule has 2 aromatic rings. The Labute approximate surface area is 269 Å². The van der Waals surface area contributed by atoms with Crippen molar-refractivity contribution < 1.29 is 38.2 Å². The van der Waals surface area contributed by atoms with E-state index in [4.69, 9.17) is 14.2 Å². The van der Waals surface area contributed by atoms with Crippen LogP contribution in [0.5, 0.6) is 5.75 Å². The Morgan fingerprint density at radius 3 is 2.11 bits per heavy atom. The van der Waals surface area contributed by atoms with Gasteiger partial charge in [-0.25, -0.2) is 4.79 Å². The zero-order valence-corrected chi connectivity index (χ0v) is 27.0. The maximum absolute atomic E-state index is 13.8. The molecular weight excluding hydrogens is 592 g/mol. The highest BCUT2D eigenvalue weighted by Gasteiger charge is 2.39. The van der Waals surface area contributed by atoms with Crippen LogP contribution in [0.3, 0.4) is 0 Å². The third-order valence-electron chi connectivity index (χ3n) is 7.76. The second-order valence-electron chi connectivity index (χ2n) is 12.7. The van der Waals surface area contributed by atoms with Gasteiger partial charge in [0.2, 0.25) is 17.7 Å². The van der Waals surface area contributed by atoms with E-state index in [9.17, 15) is 24.0 Å². The Hall–Kier alpha value is -4.45. The van der Waals surface area contributed by atoms with Gasteiger partial charge in [0.05, 0.1) is 19.8 Å². The van der Waals surface area contributed by atoms with Gasteiger partial charge in [-0.05, 0) is 70.2 Å². The minimum atomic E-state index is -1.07. The summed E-state index contributed by atoms with van der Waals surface area (Å²) in [6.45, 7) is 7.43. The molecule has 2 fully saturated rings. The molecule has 0 bridgehead atoms. The molecule has 0 aromatic heterocycles. The molecule has 12 heteroatoms. The first-order valence-electron chi connectivity index (χ1n) is 15.6. The molecule has 2 heterocycles. The third kappa shape index (κ3) is 9.77. The lowest BCUT2D eigenvalue weighted by molar-refractivity contribution is -0.134. The number of likely N-dealkylation sites (tertiary alicyclic amines) is 1. The summed E-state index contributed by atoms with van der Waals surface area (Å²) in [4.78, 5) is 67.5.